The Morgan fingerprint density at radius 3 is 1.04 bits per heavy atom. The maximum Gasteiger partial charge on any atom is 0.159 e. The van der Waals surface area contributed by atoms with Crippen LogP contribution in [0.4, 0.5) is 34.1 Å². The molecule has 0 aliphatic carbocycles. The Bertz CT molecular complexity index is 4510. The highest BCUT2D eigenvalue weighted by Gasteiger charge is 2.33. The highest BCUT2D eigenvalue weighted by Crippen LogP contribution is 2.55. The maximum absolute atomic E-state index is 7.06. The van der Waals surface area contributed by atoms with Crippen LogP contribution in [0, 0.1) is 0 Å². The van der Waals surface area contributed by atoms with E-state index in [4.69, 9.17) is 8.83 Å². The number of anilines is 6. The Labute approximate surface area is 469 Å². The van der Waals surface area contributed by atoms with Crippen LogP contribution in [0.1, 0.15) is 105 Å². The molecule has 80 heavy (non-hydrogen) atoms. The lowest BCUT2D eigenvalue weighted by atomic mass is 9.81. The predicted molar refractivity (Wildman–Crippen MR) is 344 cm³/mol. The number of fused-ring (bicyclic) bond motifs is 8. The van der Waals surface area contributed by atoms with Crippen LogP contribution in [0.3, 0.4) is 0 Å². The molecule has 0 saturated heterocycles. The third-order valence-corrected chi connectivity index (χ3v) is 17.1. The van der Waals surface area contributed by atoms with E-state index in [1.807, 2.05) is 0 Å². The highest BCUT2D eigenvalue weighted by atomic mass is 16.3. The summed E-state index contributed by atoms with van der Waals surface area (Å²) < 4.78 is 14.1. The van der Waals surface area contributed by atoms with Gasteiger partial charge in [0, 0.05) is 43.1 Å². The summed E-state index contributed by atoms with van der Waals surface area (Å²) in [5.74, 6) is 0. The van der Waals surface area contributed by atoms with Crippen molar-refractivity contribution in [3.8, 4) is 0 Å². The Kier molecular flexibility index (Phi) is 10.8. The van der Waals surface area contributed by atoms with Crippen molar-refractivity contribution in [2.24, 2.45) is 0 Å². The fourth-order valence-corrected chi connectivity index (χ4v) is 13.0. The quantitative estimate of drug-likeness (QED) is 0.155. The Morgan fingerprint density at radius 1 is 0.275 bits per heavy atom. The molecule has 0 saturated carbocycles. The van der Waals surface area contributed by atoms with Crippen molar-refractivity contribution in [1.82, 2.24) is 0 Å². The molecule has 14 aromatic rings. The highest BCUT2D eigenvalue weighted by molar-refractivity contribution is 6.29. The average Bonchev–Trinajstić information content (AvgIpc) is 4.16. The van der Waals surface area contributed by atoms with E-state index in [9.17, 15) is 0 Å². The van der Waals surface area contributed by atoms with Gasteiger partial charge in [-0.25, -0.2) is 0 Å². The third-order valence-electron chi connectivity index (χ3n) is 17.1. The second-order valence-electron chi connectivity index (χ2n) is 26.6. The number of benzene rings is 12. The minimum atomic E-state index is -0.229. The molecule has 0 fully saturated rings. The first-order valence-corrected chi connectivity index (χ1v) is 28.5. The van der Waals surface area contributed by atoms with Crippen LogP contribution in [-0.2, 0) is 21.7 Å². The molecule has 0 spiro atoms. The zero-order chi connectivity index (χ0) is 55.4. The van der Waals surface area contributed by atoms with Crippen molar-refractivity contribution in [1.29, 1.82) is 0 Å². The number of hydrogen-bond acceptors (Lipinski definition) is 4. The average molecular weight is 1040 g/mol. The van der Waals surface area contributed by atoms with Crippen molar-refractivity contribution in [2.75, 3.05) is 9.80 Å². The number of rotatable bonds is 6. The first-order valence-electron chi connectivity index (χ1n) is 28.5. The zero-order valence-corrected chi connectivity index (χ0v) is 48.2. The minimum Gasteiger partial charge on any atom is -0.454 e. The summed E-state index contributed by atoms with van der Waals surface area (Å²) >= 11 is 0. The van der Waals surface area contributed by atoms with E-state index in [-0.39, 0.29) is 21.7 Å². The van der Waals surface area contributed by atoms with Gasteiger partial charge >= 0.3 is 0 Å². The van der Waals surface area contributed by atoms with Gasteiger partial charge in [-0.05, 0) is 125 Å². The van der Waals surface area contributed by atoms with E-state index >= 15 is 0 Å². The SMILES string of the molecule is CC(C)(C)c1ccc2ccc(C(C)(C)C)c(N(c3ccc4ccc5c(N(c6c(C(C)(C)C)ccc7ccc(C(C)(C)C)cc67)c6cccc7c6oc6ccccc67)ccc6ccc3c4c65)c3cccc4c3oc3ccccc34)c2c1. The van der Waals surface area contributed by atoms with Crippen LogP contribution in [0.5, 0.6) is 0 Å². The lowest BCUT2D eigenvalue weighted by Crippen LogP contribution is -2.20. The van der Waals surface area contributed by atoms with Crippen LogP contribution < -0.4 is 9.80 Å². The van der Waals surface area contributed by atoms with Crippen molar-refractivity contribution < 1.29 is 8.83 Å². The molecule has 12 aromatic carbocycles. The van der Waals surface area contributed by atoms with E-state index in [1.54, 1.807) is 0 Å². The molecule has 0 unspecified atom stereocenters. The molecule has 394 valence electrons. The molecular formula is C76H68N2O2. The summed E-state index contributed by atoms with van der Waals surface area (Å²) in [6.07, 6.45) is 0. The van der Waals surface area contributed by atoms with Gasteiger partial charge in [0.1, 0.15) is 11.2 Å². The van der Waals surface area contributed by atoms with Crippen LogP contribution >= 0.6 is 0 Å². The number of furan rings is 2. The number of para-hydroxylation sites is 4. The molecule has 4 nitrogen and oxygen atoms in total. The molecule has 4 heteroatoms. The molecule has 2 heterocycles. The van der Waals surface area contributed by atoms with Crippen LogP contribution in [0.25, 0.3) is 97.7 Å². The minimum absolute atomic E-state index is 0.0735. The molecule has 0 aliphatic heterocycles. The standard InChI is InChI=1S/C76H68N2O2/c1-73(2,3)49-35-27-45-31-39-59(75(7,8)9)69(57(45)43-49)77(63-23-17-21-53-51-19-13-15-25-65(51)79-71(53)63)61-41-33-47-30-38-56-62(42-34-48-29-37-55(61)67(47)68(48)56)78(64-24-18-22-54-52-20-14-16-26-66(52)80-72(54)64)70-58-44-50(74(4,5)6)36-28-46(58)32-40-60(70)76(10,11)12/h13-44H,1-12H3. The topological polar surface area (TPSA) is 32.8 Å². The largest absolute Gasteiger partial charge is 0.454 e. The summed E-state index contributed by atoms with van der Waals surface area (Å²) in [5, 5.41) is 16.4. The van der Waals surface area contributed by atoms with Gasteiger partial charge in [0.05, 0.1) is 34.1 Å². The van der Waals surface area contributed by atoms with Gasteiger partial charge < -0.3 is 18.6 Å². The first kappa shape index (κ1) is 49.7. The van der Waals surface area contributed by atoms with Crippen LogP contribution in [0.2, 0.25) is 0 Å². The third kappa shape index (κ3) is 7.70. The van der Waals surface area contributed by atoms with Gasteiger partial charge in [0.15, 0.2) is 11.2 Å². The molecule has 0 radical (unpaired) electrons. The Morgan fingerprint density at radius 2 is 0.637 bits per heavy atom. The van der Waals surface area contributed by atoms with Crippen LogP contribution in [0.15, 0.2) is 203 Å². The van der Waals surface area contributed by atoms with Gasteiger partial charge in [0.25, 0.3) is 0 Å². The summed E-state index contributed by atoms with van der Waals surface area (Å²) in [6.45, 7) is 28.0. The molecule has 0 N–H and O–H groups in total. The van der Waals surface area contributed by atoms with Gasteiger partial charge in [-0.1, -0.05) is 229 Å². The van der Waals surface area contributed by atoms with E-state index < -0.39 is 0 Å². The van der Waals surface area contributed by atoms with Gasteiger partial charge in [0.2, 0.25) is 0 Å². The second kappa shape index (κ2) is 17.4. The molecule has 0 amide bonds. The summed E-state index contributed by atoms with van der Waals surface area (Å²) in [7, 11) is 0. The fraction of sp³-hybridized carbons (Fsp3) is 0.211. The summed E-state index contributed by atoms with van der Waals surface area (Å²) in [5.41, 5.74) is 14.5. The Hall–Kier alpha value is -8.60. The summed E-state index contributed by atoms with van der Waals surface area (Å²) in [6, 6.07) is 72.7. The number of nitrogens with zero attached hydrogens (tertiary/aromatic N) is 2. The van der Waals surface area contributed by atoms with E-state index in [0.717, 1.165) is 88.8 Å². The van der Waals surface area contributed by atoms with Crippen molar-refractivity contribution in [3.63, 3.8) is 0 Å². The van der Waals surface area contributed by atoms with E-state index in [0.29, 0.717) is 0 Å². The molecule has 0 atom stereocenters. The van der Waals surface area contributed by atoms with E-state index in [1.165, 1.54) is 65.3 Å². The van der Waals surface area contributed by atoms with Crippen molar-refractivity contribution in [3.05, 3.63) is 216 Å². The number of hydrogen-bond donors (Lipinski definition) is 0. The van der Waals surface area contributed by atoms with E-state index in [2.05, 4.69) is 287 Å². The maximum atomic E-state index is 7.06. The van der Waals surface area contributed by atoms with Crippen molar-refractivity contribution >= 4 is 132 Å². The molecule has 2 aromatic heterocycles. The van der Waals surface area contributed by atoms with Gasteiger partial charge in [-0.2, -0.15) is 0 Å². The smallest absolute Gasteiger partial charge is 0.159 e. The van der Waals surface area contributed by atoms with Gasteiger partial charge in [-0.3, -0.25) is 0 Å². The normalized spacial score (nSPS) is 13.0. The lowest BCUT2D eigenvalue weighted by molar-refractivity contribution is 0.589. The lowest BCUT2D eigenvalue weighted by Gasteiger charge is -2.35. The van der Waals surface area contributed by atoms with Gasteiger partial charge in [-0.15, -0.1) is 0 Å². The second-order valence-corrected chi connectivity index (χ2v) is 26.6. The Balaban J connectivity index is 1.12. The fourth-order valence-electron chi connectivity index (χ4n) is 13.0. The van der Waals surface area contributed by atoms with Crippen molar-refractivity contribution in [2.45, 2.75) is 105 Å². The zero-order valence-electron chi connectivity index (χ0n) is 48.2. The molecule has 0 bridgehead atoms. The summed E-state index contributed by atoms with van der Waals surface area (Å²) in [4.78, 5) is 5.11. The molecular weight excluding hydrogens is 973 g/mol. The molecule has 0 aliphatic rings. The first-order chi connectivity index (χ1) is 38.2. The molecule has 14 rings (SSSR count). The monoisotopic (exact) mass is 1040 g/mol. The van der Waals surface area contributed by atoms with Crippen LogP contribution in [-0.4, -0.2) is 0 Å². The predicted octanol–water partition coefficient (Wildman–Crippen LogP) is 22.8.